The number of halogens is 2. The van der Waals surface area contributed by atoms with E-state index in [0.717, 1.165) is 6.42 Å². The SMILES string of the molecule is Cl.NC1CCCN1S(=O)(=O)c1cccc2c(=O)[nH]cc(Cl)c12. The van der Waals surface area contributed by atoms with Gasteiger partial charge < -0.3 is 10.7 Å². The first-order valence-corrected chi connectivity index (χ1v) is 8.32. The minimum Gasteiger partial charge on any atom is -0.327 e. The molecule has 1 aliphatic heterocycles. The highest BCUT2D eigenvalue weighted by atomic mass is 35.5. The average molecular weight is 364 g/mol. The van der Waals surface area contributed by atoms with Crippen LogP contribution >= 0.6 is 24.0 Å². The second-order valence-corrected chi connectivity index (χ2v) is 7.24. The standard InChI is InChI=1S/C13H14ClN3O3S.ClH/c14-9-7-16-13(18)8-3-1-4-10(12(8)9)21(19,20)17-6-2-5-11(17)15;/h1,3-4,7,11H,2,5-6,15H2,(H,16,18);1H. The molecule has 1 saturated heterocycles. The molecule has 1 atom stereocenters. The fourth-order valence-electron chi connectivity index (χ4n) is 2.65. The zero-order valence-electron chi connectivity index (χ0n) is 11.5. The summed E-state index contributed by atoms with van der Waals surface area (Å²) in [5.74, 6) is 0. The van der Waals surface area contributed by atoms with Gasteiger partial charge in [0.25, 0.3) is 5.56 Å². The molecular formula is C13H15Cl2N3O3S. The molecule has 0 aliphatic carbocycles. The van der Waals surface area contributed by atoms with Gasteiger partial charge in [-0.05, 0) is 25.0 Å². The van der Waals surface area contributed by atoms with E-state index in [2.05, 4.69) is 4.98 Å². The summed E-state index contributed by atoms with van der Waals surface area (Å²) in [5.41, 5.74) is 5.48. The number of hydrogen-bond donors (Lipinski definition) is 2. The Balaban J connectivity index is 0.00000176. The molecule has 1 aromatic heterocycles. The Labute approximate surface area is 138 Å². The first-order chi connectivity index (χ1) is 9.93. The van der Waals surface area contributed by atoms with Gasteiger partial charge >= 0.3 is 0 Å². The lowest BCUT2D eigenvalue weighted by Crippen LogP contribution is -2.41. The second-order valence-electron chi connectivity index (χ2n) is 4.97. The lowest BCUT2D eigenvalue weighted by atomic mass is 10.2. The molecule has 1 unspecified atom stereocenters. The van der Waals surface area contributed by atoms with E-state index in [9.17, 15) is 13.2 Å². The maximum absolute atomic E-state index is 12.8. The van der Waals surface area contributed by atoms with Crippen molar-refractivity contribution in [2.75, 3.05) is 6.54 Å². The zero-order valence-corrected chi connectivity index (χ0v) is 13.8. The molecule has 0 spiro atoms. The monoisotopic (exact) mass is 363 g/mol. The fourth-order valence-corrected chi connectivity index (χ4v) is 4.78. The van der Waals surface area contributed by atoms with Crippen LogP contribution in [0.5, 0.6) is 0 Å². The van der Waals surface area contributed by atoms with Crippen molar-refractivity contribution in [1.82, 2.24) is 9.29 Å². The fraction of sp³-hybridized carbons (Fsp3) is 0.308. The molecule has 9 heteroatoms. The van der Waals surface area contributed by atoms with Crippen LogP contribution in [0.15, 0.2) is 34.1 Å². The van der Waals surface area contributed by atoms with Crippen LogP contribution in [-0.4, -0.2) is 30.4 Å². The Kier molecular flexibility index (Phi) is 4.84. The largest absolute Gasteiger partial charge is 0.327 e. The van der Waals surface area contributed by atoms with E-state index in [0.29, 0.717) is 13.0 Å². The summed E-state index contributed by atoms with van der Waals surface area (Å²) < 4.78 is 26.9. The first kappa shape index (κ1) is 17.2. The number of sulfonamides is 1. The number of H-pyrrole nitrogens is 1. The molecule has 3 N–H and O–H groups in total. The van der Waals surface area contributed by atoms with Gasteiger partial charge in [0.1, 0.15) is 0 Å². The van der Waals surface area contributed by atoms with Crippen molar-refractivity contribution in [3.05, 3.63) is 39.8 Å². The Morgan fingerprint density at radius 3 is 2.73 bits per heavy atom. The average Bonchev–Trinajstić information content (AvgIpc) is 2.89. The van der Waals surface area contributed by atoms with Crippen molar-refractivity contribution in [3.8, 4) is 0 Å². The Bertz CT molecular complexity index is 866. The number of aromatic nitrogens is 1. The lowest BCUT2D eigenvalue weighted by Gasteiger charge is -2.21. The van der Waals surface area contributed by atoms with E-state index in [1.165, 1.54) is 22.6 Å². The second kappa shape index (κ2) is 6.17. The maximum Gasteiger partial charge on any atom is 0.255 e. The molecule has 1 aliphatic rings. The molecule has 2 aromatic rings. The first-order valence-electron chi connectivity index (χ1n) is 6.50. The quantitative estimate of drug-likeness (QED) is 0.847. The predicted octanol–water partition coefficient (Wildman–Crippen LogP) is 1.67. The van der Waals surface area contributed by atoms with Crippen LogP contribution in [-0.2, 0) is 10.0 Å². The molecule has 0 radical (unpaired) electrons. The summed E-state index contributed by atoms with van der Waals surface area (Å²) >= 11 is 6.10. The van der Waals surface area contributed by atoms with Gasteiger partial charge in [0, 0.05) is 23.5 Å². The molecule has 0 bridgehead atoms. The van der Waals surface area contributed by atoms with E-state index in [1.54, 1.807) is 6.07 Å². The lowest BCUT2D eigenvalue weighted by molar-refractivity contribution is 0.396. The topological polar surface area (TPSA) is 96.3 Å². The molecule has 120 valence electrons. The van der Waals surface area contributed by atoms with Crippen LogP contribution in [0.1, 0.15) is 12.8 Å². The van der Waals surface area contributed by atoms with Crippen LogP contribution < -0.4 is 11.3 Å². The molecule has 1 aromatic carbocycles. The van der Waals surface area contributed by atoms with Crippen molar-refractivity contribution >= 4 is 44.8 Å². The van der Waals surface area contributed by atoms with E-state index in [-0.39, 0.29) is 38.7 Å². The molecule has 6 nitrogen and oxygen atoms in total. The third kappa shape index (κ3) is 2.63. The van der Waals surface area contributed by atoms with Gasteiger partial charge in [0.15, 0.2) is 0 Å². The molecule has 22 heavy (non-hydrogen) atoms. The minimum atomic E-state index is -3.78. The van der Waals surface area contributed by atoms with Gasteiger partial charge in [-0.1, -0.05) is 17.7 Å². The summed E-state index contributed by atoms with van der Waals surface area (Å²) in [5, 5.41) is 0.676. The summed E-state index contributed by atoms with van der Waals surface area (Å²) in [4.78, 5) is 14.3. The maximum atomic E-state index is 12.8. The van der Waals surface area contributed by atoms with E-state index >= 15 is 0 Å². The van der Waals surface area contributed by atoms with Crippen molar-refractivity contribution in [1.29, 1.82) is 0 Å². The van der Waals surface area contributed by atoms with E-state index in [1.807, 2.05) is 0 Å². The molecule has 0 amide bonds. The number of rotatable bonds is 2. The van der Waals surface area contributed by atoms with Gasteiger partial charge in [-0.2, -0.15) is 4.31 Å². The summed E-state index contributed by atoms with van der Waals surface area (Å²) in [7, 11) is -3.78. The highest BCUT2D eigenvalue weighted by Gasteiger charge is 2.34. The van der Waals surface area contributed by atoms with Crippen LogP contribution in [0.2, 0.25) is 5.02 Å². The predicted molar refractivity (Wildman–Crippen MR) is 87.9 cm³/mol. The molecule has 3 rings (SSSR count). The normalized spacial score (nSPS) is 19.3. The van der Waals surface area contributed by atoms with Crippen molar-refractivity contribution in [2.24, 2.45) is 5.73 Å². The van der Waals surface area contributed by atoms with Gasteiger partial charge in [0.05, 0.1) is 16.1 Å². The number of hydrogen-bond acceptors (Lipinski definition) is 4. The summed E-state index contributed by atoms with van der Waals surface area (Å²) in [6.45, 7) is 0.376. The van der Waals surface area contributed by atoms with Gasteiger partial charge in [0.2, 0.25) is 10.0 Å². The molecule has 2 heterocycles. The van der Waals surface area contributed by atoms with Gasteiger partial charge in [-0.3, -0.25) is 4.79 Å². The molecule has 1 fully saturated rings. The van der Waals surface area contributed by atoms with Gasteiger partial charge in [-0.15, -0.1) is 12.4 Å². The third-order valence-electron chi connectivity index (χ3n) is 3.67. The number of benzene rings is 1. The van der Waals surface area contributed by atoms with Gasteiger partial charge in [-0.25, -0.2) is 8.42 Å². The van der Waals surface area contributed by atoms with Crippen molar-refractivity contribution < 1.29 is 8.42 Å². The number of nitrogens with one attached hydrogen (secondary N) is 1. The number of pyridine rings is 1. The summed E-state index contributed by atoms with van der Waals surface area (Å²) in [6, 6.07) is 4.53. The highest BCUT2D eigenvalue weighted by Crippen LogP contribution is 2.31. The third-order valence-corrected chi connectivity index (χ3v) is 5.94. The molecular weight excluding hydrogens is 349 g/mol. The van der Waals surface area contributed by atoms with Crippen molar-refractivity contribution in [2.45, 2.75) is 23.9 Å². The Morgan fingerprint density at radius 2 is 2.09 bits per heavy atom. The van der Waals surface area contributed by atoms with Crippen molar-refractivity contribution in [3.63, 3.8) is 0 Å². The molecule has 0 saturated carbocycles. The number of nitrogens with zero attached hydrogens (tertiary/aromatic N) is 1. The number of aromatic amines is 1. The number of fused-ring (bicyclic) bond motifs is 1. The van der Waals surface area contributed by atoms with Crippen LogP contribution in [0, 0.1) is 0 Å². The summed E-state index contributed by atoms with van der Waals surface area (Å²) in [6.07, 6.45) is 2.11. The Hall–Kier alpha value is -1.12. The highest BCUT2D eigenvalue weighted by molar-refractivity contribution is 7.89. The zero-order chi connectivity index (χ0) is 15.2. The number of nitrogens with two attached hydrogens (primary N) is 1. The van der Waals surface area contributed by atoms with Crippen LogP contribution in [0.25, 0.3) is 10.8 Å². The van der Waals surface area contributed by atoms with Crippen LogP contribution in [0.4, 0.5) is 0 Å². The smallest absolute Gasteiger partial charge is 0.255 e. The van der Waals surface area contributed by atoms with Crippen LogP contribution in [0.3, 0.4) is 0 Å². The Morgan fingerprint density at radius 1 is 1.36 bits per heavy atom. The minimum absolute atomic E-state index is 0. The van der Waals surface area contributed by atoms with E-state index < -0.39 is 16.2 Å². The van der Waals surface area contributed by atoms with E-state index in [4.69, 9.17) is 17.3 Å².